The standard InChI is InChI=1S/C15H22N2O3/c1-2-9-17-10-5-6-12(17)13(18)16-11-15(14(19)20)7-3-4-8-15/h5-6,10H,2-4,7-9,11H2,1H3,(H,16,18)(H,19,20). The molecule has 1 heterocycles. The van der Waals surface area contributed by atoms with E-state index in [2.05, 4.69) is 12.2 Å². The molecule has 20 heavy (non-hydrogen) atoms. The van der Waals surface area contributed by atoms with Crippen LogP contribution in [0.2, 0.25) is 0 Å². The van der Waals surface area contributed by atoms with Gasteiger partial charge in [0.2, 0.25) is 0 Å². The van der Waals surface area contributed by atoms with Gasteiger partial charge < -0.3 is 15.0 Å². The maximum Gasteiger partial charge on any atom is 0.311 e. The fourth-order valence-corrected chi connectivity index (χ4v) is 2.91. The van der Waals surface area contributed by atoms with Crippen LogP contribution in [0.4, 0.5) is 0 Å². The highest BCUT2D eigenvalue weighted by atomic mass is 16.4. The van der Waals surface area contributed by atoms with E-state index in [1.54, 1.807) is 6.07 Å². The molecule has 1 aromatic heterocycles. The van der Waals surface area contributed by atoms with Crippen molar-refractivity contribution in [1.29, 1.82) is 0 Å². The second-order valence-corrected chi connectivity index (χ2v) is 5.56. The van der Waals surface area contributed by atoms with Crippen molar-refractivity contribution in [3.05, 3.63) is 24.0 Å². The first-order valence-electron chi connectivity index (χ1n) is 7.26. The Kier molecular flexibility index (Phi) is 4.47. The number of carboxylic acids is 1. The lowest BCUT2D eigenvalue weighted by molar-refractivity contribution is -0.148. The number of carbonyl (C=O) groups excluding carboxylic acids is 1. The third-order valence-corrected chi connectivity index (χ3v) is 4.13. The van der Waals surface area contributed by atoms with Crippen molar-refractivity contribution in [3.8, 4) is 0 Å². The maximum atomic E-state index is 12.2. The van der Waals surface area contributed by atoms with Gasteiger partial charge in [-0.25, -0.2) is 0 Å². The minimum atomic E-state index is -0.792. The van der Waals surface area contributed by atoms with Crippen molar-refractivity contribution in [1.82, 2.24) is 9.88 Å². The van der Waals surface area contributed by atoms with Crippen LogP contribution in [0, 0.1) is 5.41 Å². The number of hydrogen-bond donors (Lipinski definition) is 2. The molecule has 1 aliphatic rings. The normalized spacial score (nSPS) is 17.1. The molecule has 0 aromatic carbocycles. The lowest BCUT2D eigenvalue weighted by Gasteiger charge is -2.24. The van der Waals surface area contributed by atoms with Crippen molar-refractivity contribution in [3.63, 3.8) is 0 Å². The Bertz CT molecular complexity index is 487. The molecular formula is C15H22N2O3. The van der Waals surface area contributed by atoms with Gasteiger partial charge in [-0.1, -0.05) is 19.8 Å². The van der Waals surface area contributed by atoms with Crippen molar-refractivity contribution < 1.29 is 14.7 Å². The van der Waals surface area contributed by atoms with Gasteiger partial charge in [0.1, 0.15) is 5.69 Å². The monoisotopic (exact) mass is 278 g/mol. The number of amides is 1. The van der Waals surface area contributed by atoms with Crippen LogP contribution in [0.25, 0.3) is 0 Å². The number of nitrogens with one attached hydrogen (secondary N) is 1. The van der Waals surface area contributed by atoms with Gasteiger partial charge >= 0.3 is 5.97 Å². The van der Waals surface area contributed by atoms with E-state index in [0.29, 0.717) is 18.5 Å². The molecule has 0 radical (unpaired) electrons. The molecule has 5 nitrogen and oxygen atoms in total. The van der Waals surface area contributed by atoms with Gasteiger partial charge in [-0.3, -0.25) is 9.59 Å². The van der Waals surface area contributed by atoms with E-state index in [0.717, 1.165) is 25.8 Å². The van der Waals surface area contributed by atoms with Crippen molar-refractivity contribution in [2.45, 2.75) is 45.6 Å². The van der Waals surface area contributed by atoms with Gasteiger partial charge in [0.25, 0.3) is 5.91 Å². The predicted molar refractivity (Wildman–Crippen MR) is 75.6 cm³/mol. The largest absolute Gasteiger partial charge is 0.481 e. The Balaban J connectivity index is 2.01. The van der Waals surface area contributed by atoms with Gasteiger partial charge in [-0.15, -0.1) is 0 Å². The summed E-state index contributed by atoms with van der Waals surface area (Å²) in [6, 6.07) is 3.61. The Morgan fingerprint density at radius 1 is 1.40 bits per heavy atom. The number of nitrogens with zero attached hydrogens (tertiary/aromatic N) is 1. The lowest BCUT2D eigenvalue weighted by atomic mass is 9.86. The number of hydrogen-bond acceptors (Lipinski definition) is 2. The van der Waals surface area contributed by atoms with E-state index in [9.17, 15) is 14.7 Å². The average Bonchev–Trinajstić information content (AvgIpc) is 3.06. The fourth-order valence-electron chi connectivity index (χ4n) is 2.91. The molecule has 5 heteroatoms. The molecule has 0 spiro atoms. The molecule has 1 aromatic rings. The van der Waals surface area contributed by atoms with Crippen LogP contribution in [0.3, 0.4) is 0 Å². The Morgan fingerprint density at radius 3 is 2.70 bits per heavy atom. The van der Waals surface area contributed by atoms with Crippen LogP contribution >= 0.6 is 0 Å². The fraction of sp³-hybridized carbons (Fsp3) is 0.600. The number of aliphatic carboxylic acids is 1. The van der Waals surface area contributed by atoms with Crippen LogP contribution < -0.4 is 5.32 Å². The summed E-state index contributed by atoms with van der Waals surface area (Å²) in [7, 11) is 0. The van der Waals surface area contributed by atoms with Crippen molar-refractivity contribution in [2.24, 2.45) is 5.41 Å². The summed E-state index contributed by atoms with van der Waals surface area (Å²) < 4.78 is 1.90. The minimum Gasteiger partial charge on any atom is -0.481 e. The van der Waals surface area contributed by atoms with E-state index in [1.807, 2.05) is 16.8 Å². The lowest BCUT2D eigenvalue weighted by Crippen LogP contribution is -2.41. The molecule has 2 N–H and O–H groups in total. The van der Waals surface area contributed by atoms with E-state index >= 15 is 0 Å². The third-order valence-electron chi connectivity index (χ3n) is 4.13. The van der Waals surface area contributed by atoms with Gasteiger partial charge in [0, 0.05) is 19.3 Å². The van der Waals surface area contributed by atoms with Gasteiger partial charge in [-0.05, 0) is 31.4 Å². The topological polar surface area (TPSA) is 71.3 Å². The van der Waals surface area contributed by atoms with Crippen LogP contribution in [-0.4, -0.2) is 28.1 Å². The number of aryl methyl sites for hydroxylation is 1. The summed E-state index contributed by atoms with van der Waals surface area (Å²) in [6.45, 7) is 3.07. The van der Waals surface area contributed by atoms with Gasteiger partial charge in [-0.2, -0.15) is 0 Å². The summed E-state index contributed by atoms with van der Waals surface area (Å²) in [5.74, 6) is -0.977. The molecule has 110 valence electrons. The van der Waals surface area contributed by atoms with Crippen LogP contribution in [0.15, 0.2) is 18.3 Å². The highest BCUT2D eigenvalue weighted by Gasteiger charge is 2.41. The summed E-state index contributed by atoms with van der Waals surface area (Å²) in [5.41, 5.74) is -0.164. The Hall–Kier alpha value is -1.78. The number of rotatable bonds is 6. The zero-order valence-electron chi connectivity index (χ0n) is 11.9. The quantitative estimate of drug-likeness (QED) is 0.838. The van der Waals surface area contributed by atoms with Crippen LogP contribution in [0.1, 0.15) is 49.5 Å². The maximum absolute atomic E-state index is 12.2. The smallest absolute Gasteiger partial charge is 0.311 e. The van der Waals surface area contributed by atoms with Crippen LogP contribution in [0.5, 0.6) is 0 Å². The predicted octanol–water partition coefficient (Wildman–Crippen LogP) is 2.27. The van der Waals surface area contributed by atoms with Crippen molar-refractivity contribution >= 4 is 11.9 Å². The van der Waals surface area contributed by atoms with Gasteiger partial charge in [0.15, 0.2) is 0 Å². The summed E-state index contributed by atoms with van der Waals surface area (Å²) in [4.78, 5) is 23.6. The number of carboxylic acid groups (broad SMARTS) is 1. The zero-order chi connectivity index (χ0) is 14.6. The van der Waals surface area contributed by atoms with E-state index in [-0.39, 0.29) is 12.5 Å². The molecule has 1 fully saturated rings. The molecule has 0 aliphatic heterocycles. The molecule has 0 unspecified atom stereocenters. The average molecular weight is 278 g/mol. The summed E-state index contributed by atoms with van der Waals surface area (Å²) in [6.07, 6.45) is 5.98. The Morgan fingerprint density at radius 2 is 2.10 bits per heavy atom. The minimum absolute atomic E-state index is 0.184. The highest BCUT2D eigenvalue weighted by Crippen LogP contribution is 2.37. The number of carbonyl (C=O) groups is 2. The second-order valence-electron chi connectivity index (χ2n) is 5.56. The Labute approximate surface area is 119 Å². The molecule has 0 atom stereocenters. The first kappa shape index (κ1) is 14.6. The highest BCUT2D eigenvalue weighted by molar-refractivity contribution is 5.93. The molecule has 0 saturated heterocycles. The molecule has 1 aliphatic carbocycles. The first-order chi connectivity index (χ1) is 9.59. The summed E-state index contributed by atoms with van der Waals surface area (Å²) in [5, 5.41) is 12.2. The molecule has 1 amide bonds. The molecule has 0 bridgehead atoms. The zero-order valence-corrected chi connectivity index (χ0v) is 11.9. The van der Waals surface area contributed by atoms with Crippen LogP contribution in [-0.2, 0) is 11.3 Å². The summed E-state index contributed by atoms with van der Waals surface area (Å²) >= 11 is 0. The molecular weight excluding hydrogens is 256 g/mol. The molecule has 1 saturated carbocycles. The van der Waals surface area contributed by atoms with E-state index in [1.165, 1.54) is 0 Å². The first-order valence-corrected chi connectivity index (χ1v) is 7.26. The van der Waals surface area contributed by atoms with Gasteiger partial charge in [0.05, 0.1) is 5.41 Å². The SMILES string of the molecule is CCCn1cccc1C(=O)NCC1(C(=O)O)CCCC1. The third kappa shape index (κ3) is 2.86. The molecule has 2 rings (SSSR count). The number of aromatic nitrogens is 1. The van der Waals surface area contributed by atoms with E-state index in [4.69, 9.17) is 0 Å². The second kappa shape index (κ2) is 6.11. The van der Waals surface area contributed by atoms with E-state index < -0.39 is 11.4 Å². The van der Waals surface area contributed by atoms with Crippen molar-refractivity contribution in [2.75, 3.05) is 6.54 Å².